The fraction of sp³-hybridized carbons (Fsp3) is 0.773. The van der Waals surface area contributed by atoms with Crippen LogP contribution >= 0.6 is 0 Å². The minimum Gasteiger partial charge on any atom is -0.479 e. The van der Waals surface area contributed by atoms with E-state index in [1.54, 1.807) is 0 Å². The van der Waals surface area contributed by atoms with Crippen molar-refractivity contribution in [2.75, 3.05) is 7.11 Å². The molecule has 1 rings (SSSR count). The second kappa shape index (κ2) is 12.7. The van der Waals surface area contributed by atoms with Gasteiger partial charge in [0.2, 0.25) is 0 Å². The fourth-order valence-electron chi connectivity index (χ4n) is 4.07. The third kappa shape index (κ3) is 7.53. The highest BCUT2D eigenvalue weighted by Gasteiger charge is 2.53. The van der Waals surface area contributed by atoms with Crippen LogP contribution < -0.4 is 0 Å². The molecule has 0 bridgehead atoms. The normalized spacial score (nSPS) is 19.0. The van der Waals surface area contributed by atoms with Crippen molar-refractivity contribution in [2.45, 2.75) is 89.3 Å². The van der Waals surface area contributed by atoms with Crippen LogP contribution in [0, 0.1) is 11.8 Å². The van der Waals surface area contributed by atoms with E-state index >= 15 is 0 Å². The number of halogens is 1. The molecule has 2 N–H and O–H groups in total. The number of Topliss-reactive ketones (excluding diaryl/α,β-unsaturated/α-hetero) is 1. The van der Waals surface area contributed by atoms with Gasteiger partial charge < -0.3 is 14.9 Å². The van der Waals surface area contributed by atoms with Crippen LogP contribution in [0.5, 0.6) is 0 Å². The number of hydrogen-bond donors (Lipinski definition) is 2. The van der Waals surface area contributed by atoms with Crippen molar-refractivity contribution in [3.63, 3.8) is 0 Å². The Bertz CT molecular complexity index is 570. The summed E-state index contributed by atoms with van der Waals surface area (Å²) in [5, 5.41) is 21.0. The first kappa shape index (κ1) is 25.3. The van der Waals surface area contributed by atoms with Crippen molar-refractivity contribution >= 4 is 17.7 Å². The average Bonchev–Trinajstić information content (AvgIpc) is 3.24. The zero-order valence-corrected chi connectivity index (χ0v) is 17.6. The standard InChI is InChI=1S/C22H35FO6/c1-3-4-11-17(23)14-15-19(24)18(12-7-8-13-20(25)29-2)22(28,21(26)27)16-9-5-6-10-16/h7-8,16-18,28H,3-6,9-15H2,1-2H3,(H,26,27)/t17?,18-,22+/m0/s1. The van der Waals surface area contributed by atoms with Gasteiger partial charge in [-0.05, 0) is 38.0 Å². The minimum absolute atomic E-state index is 0.00406. The lowest BCUT2D eigenvalue weighted by Crippen LogP contribution is -2.54. The number of methoxy groups -OCH3 is 1. The summed E-state index contributed by atoms with van der Waals surface area (Å²) in [7, 11) is 1.26. The number of ketones is 1. The van der Waals surface area contributed by atoms with Gasteiger partial charge in [-0.2, -0.15) is 0 Å². The van der Waals surface area contributed by atoms with E-state index in [2.05, 4.69) is 4.74 Å². The van der Waals surface area contributed by atoms with Crippen LogP contribution in [0.25, 0.3) is 0 Å². The van der Waals surface area contributed by atoms with Gasteiger partial charge in [0.05, 0.1) is 19.4 Å². The monoisotopic (exact) mass is 414 g/mol. The molecule has 0 saturated heterocycles. The molecule has 0 spiro atoms. The first-order chi connectivity index (χ1) is 13.8. The van der Waals surface area contributed by atoms with Gasteiger partial charge in [-0.15, -0.1) is 0 Å². The van der Waals surface area contributed by atoms with Crippen LogP contribution in [0.2, 0.25) is 0 Å². The molecule has 0 aromatic rings. The molecule has 6 nitrogen and oxygen atoms in total. The summed E-state index contributed by atoms with van der Waals surface area (Å²) in [5.74, 6) is -3.99. The number of alkyl halides is 1. The fourth-order valence-corrected chi connectivity index (χ4v) is 4.07. The molecular weight excluding hydrogens is 379 g/mol. The van der Waals surface area contributed by atoms with Crippen LogP contribution in [0.15, 0.2) is 12.2 Å². The molecule has 3 atom stereocenters. The van der Waals surface area contributed by atoms with Crippen LogP contribution in [-0.4, -0.2) is 46.8 Å². The molecule has 1 saturated carbocycles. The number of unbranched alkanes of at least 4 members (excludes halogenated alkanes) is 1. The van der Waals surface area contributed by atoms with Crippen LogP contribution in [0.1, 0.15) is 77.6 Å². The summed E-state index contributed by atoms with van der Waals surface area (Å²) in [5.41, 5.74) is -2.18. The largest absolute Gasteiger partial charge is 0.479 e. The molecule has 0 aliphatic heterocycles. The quantitative estimate of drug-likeness (QED) is 0.329. The summed E-state index contributed by atoms with van der Waals surface area (Å²) in [6.07, 6.45) is 6.50. The van der Waals surface area contributed by atoms with Crippen molar-refractivity contribution in [1.82, 2.24) is 0 Å². The van der Waals surface area contributed by atoms with Gasteiger partial charge in [0.15, 0.2) is 5.60 Å². The number of ether oxygens (including phenoxy) is 1. The number of carbonyl (C=O) groups excluding carboxylic acids is 2. The Balaban J connectivity index is 2.95. The van der Waals surface area contributed by atoms with Crippen LogP contribution in [0.4, 0.5) is 4.39 Å². The molecule has 29 heavy (non-hydrogen) atoms. The van der Waals surface area contributed by atoms with Gasteiger partial charge in [-0.3, -0.25) is 9.59 Å². The topological polar surface area (TPSA) is 101 Å². The molecule has 1 aliphatic carbocycles. The second-order valence-electron chi connectivity index (χ2n) is 7.90. The van der Waals surface area contributed by atoms with Crippen LogP contribution in [0.3, 0.4) is 0 Å². The molecular formula is C22H35FO6. The van der Waals surface area contributed by atoms with E-state index in [0.717, 1.165) is 25.7 Å². The van der Waals surface area contributed by atoms with E-state index in [9.17, 15) is 29.0 Å². The van der Waals surface area contributed by atoms with Gasteiger partial charge in [0, 0.05) is 6.42 Å². The Hall–Kier alpha value is -1.76. The van der Waals surface area contributed by atoms with Crippen LogP contribution in [-0.2, 0) is 19.1 Å². The Morgan fingerprint density at radius 1 is 1.21 bits per heavy atom. The highest BCUT2D eigenvalue weighted by molar-refractivity contribution is 5.90. The molecule has 166 valence electrons. The lowest BCUT2D eigenvalue weighted by molar-refractivity contribution is -0.176. The molecule has 1 fully saturated rings. The van der Waals surface area contributed by atoms with Crippen molar-refractivity contribution in [2.24, 2.45) is 11.8 Å². The van der Waals surface area contributed by atoms with Gasteiger partial charge in [0.25, 0.3) is 0 Å². The van der Waals surface area contributed by atoms with E-state index in [1.165, 1.54) is 19.3 Å². The Morgan fingerprint density at radius 2 is 1.86 bits per heavy atom. The third-order valence-electron chi connectivity index (χ3n) is 5.87. The zero-order valence-electron chi connectivity index (χ0n) is 17.6. The first-order valence-corrected chi connectivity index (χ1v) is 10.6. The summed E-state index contributed by atoms with van der Waals surface area (Å²) >= 11 is 0. The van der Waals surface area contributed by atoms with E-state index in [-0.39, 0.29) is 25.7 Å². The summed E-state index contributed by atoms with van der Waals surface area (Å²) in [6.45, 7) is 1.96. The third-order valence-corrected chi connectivity index (χ3v) is 5.87. The van der Waals surface area contributed by atoms with Crippen molar-refractivity contribution in [1.29, 1.82) is 0 Å². The van der Waals surface area contributed by atoms with E-state index in [4.69, 9.17) is 0 Å². The van der Waals surface area contributed by atoms with Gasteiger partial charge in [-0.25, -0.2) is 9.18 Å². The lowest BCUT2D eigenvalue weighted by Gasteiger charge is -2.36. The SMILES string of the molecule is CCCCC(F)CCC(=O)[C@H](CC=CCC(=O)OC)[C@@](O)(C(=O)O)C1CCCC1. The highest BCUT2D eigenvalue weighted by atomic mass is 19.1. The smallest absolute Gasteiger partial charge is 0.336 e. The number of hydrogen-bond acceptors (Lipinski definition) is 5. The maximum atomic E-state index is 14.0. The maximum Gasteiger partial charge on any atom is 0.336 e. The van der Waals surface area contributed by atoms with E-state index in [0.29, 0.717) is 19.3 Å². The summed E-state index contributed by atoms with van der Waals surface area (Å²) in [4.78, 5) is 36.2. The number of aliphatic carboxylic acids is 1. The second-order valence-corrected chi connectivity index (χ2v) is 7.90. The average molecular weight is 415 g/mol. The number of esters is 1. The molecule has 0 aromatic carbocycles. The molecule has 0 aromatic heterocycles. The Kier molecular flexibility index (Phi) is 11.1. The lowest BCUT2D eigenvalue weighted by atomic mass is 9.71. The minimum atomic E-state index is -2.18. The van der Waals surface area contributed by atoms with E-state index < -0.39 is 41.3 Å². The Labute approximate surface area is 172 Å². The number of carbonyl (C=O) groups is 3. The molecule has 1 aliphatic rings. The number of allylic oxidation sites excluding steroid dienone is 1. The number of carboxylic acids is 1. The molecule has 0 amide bonds. The first-order valence-electron chi connectivity index (χ1n) is 10.6. The number of aliphatic hydroxyl groups is 1. The summed E-state index contributed by atoms with van der Waals surface area (Å²) in [6, 6.07) is 0. The molecule has 0 heterocycles. The number of carboxylic acid groups (broad SMARTS) is 1. The predicted octanol–water partition coefficient (Wildman–Crippen LogP) is 4.00. The zero-order chi connectivity index (χ0) is 21.9. The van der Waals surface area contributed by atoms with Gasteiger partial charge >= 0.3 is 11.9 Å². The molecule has 7 heteroatoms. The predicted molar refractivity (Wildman–Crippen MR) is 107 cm³/mol. The molecule has 0 radical (unpaired) electrons. The molecule has 1 unspecified atom stereocenters. The maximum absolute atomic E-state index is 14.0. The Morgan fingerprint density at radius 3 is 2.41 bits per heavy atom. The summed E-state index contributed by atoms with van der Waals surface area (Å²) < 4.78 is 18.6. The van der Waals surface area contributed by atoms with Crippen molar-refractivity contribution < 1.29 is 33.7 Å². The number of rotatable bonds is 14. The van der Waals surface area contributed by atoms with Gasteiger partial charge in [0.1, 0.15) is 12.0 Å². The highest BCUT2D eigenvalue weighted by Crippen LogP contribution is 2.41. The van der Waals surface area contributed by atoms with Crippen molar-refractivity contribution in [3.8, 4) is 0 Å². The van der Waals surface area contributed by atoms with E-state index in [1.807, 2.05) is 6.92 Å². The van der Waals surface area contributed by atoms with Gasteiger partial charge in [-0.1, -0.05) is 44.8 Å². The van der Waals surface area contributed by atoms with Crippen molar-refractivity contribution in [3.05, 3.63) is 12.2 Å².